The van der Waals surface area contributed by atoms with Gasteiger partial charge in [0.25, 0.3) is 5.91 Å². The summed E-state index contributed by atoms with van der Waals surface area (Å²) >= 11 is 0. The van der Waals surface area contributed by atoms with E-state index in [0.717, 1.165) is 19.5 Å². The van der Waals surface area contributed by atoms with E-state index in [1.54, 1.807) is 0 Å². The second-order valence-corrected chi connectivity index (χ2v) is 5.63. The number of rotatable bonds is 1. The summed E-state index contributed by atoms with van der Waals surface area (Å²) in [5.74, 6) is 0.747. The Kier molecular flexibility index (Phi) is 3.22. The quantitative estimate of drug-likeness (QED) is 0.713. The summed E-state index contributed by atoms with van der Waals surface area (Å²) in [6.45, 7) is 9.50. The SMILES string of the molecule is CC1CN(C(=O)C2CNCCO2)C(C)(C)C1. The minimum Gasteiger partial charge on any atom is -0.366 e. The molecule has 2 aliphatic rings. The van der Waals surface area contributed by atoms with E-state index >= 15 is 0 Å². The maximum Gasteiger partial charge on any atom is 0.253 e. The highest BCUT2D eigenvalue weighted by Gasteiger charge is 2.41. The Morgan fingerprint density at radius 3 is 2.75 bits per heavy atom. The zero-order valence-electron chi connectivity index (χ0n) is 10.5. The van der Waals surface area contributed by atoms with Crippen LogP contribution < -0.4 is 5.32 Å². The van der Waals surface area contributed by atoms with E-state index in [1.807, 2.05) is 4.90 Å². The molecule has 0 spiro atoms. The Bertz CT molecular complexity index is 272. The zero-order valence-corrected chi connectivity index (χ0v) is 10.5. The lowest BCUT2D eigenvalue weighted by Gasteiger charge is -2.35. The maximum absolute atomic E-state index is 12.3. The van der Waals surface area contributed by atoms with Gasteiger partial charge in [-0.3, -0.25) is 4.79 Å². The highest BCUT2D eigenvalue weighted by atomic mass is 16.5. The number of nitrogens with zero attached hydrogens (tertiary/aromatic N) is 1. The minimum absolute atomic E-state index is 0.0166. The fourth-order valence-corrected chi connectivity index (χ4v) is 2.87. The minimum atomic E-state index is -0.279. The van der Waals surface area contributed by atoms with E-state index in [9.17, 15) is 4.79 Å². The molecule has 0 aromatic carbocycles. The van der Waals surface area contributed by atoms with E-state index in [1.165, 1.54) is 0 Å². The molecule has 4 nitrogen and oxygen atoms in total. The highest BCUT2D eigenvalue weighted by Crippen LogP contribution is 2.32. The van der Waals surface area contributed by atoms with Gasteiger partial charge in [-0.15, -0.1) is 0 Å². The molecule has 2 heterocycles. The fourth-order valence-electron chi connectivity index (χ4n) is 2.87. The Labute approximate surface area is 97.3 Å². The molecule has 0 aromatic rings. The smallest absolute Gasteiger partial charge is 0.253 e. The summed E-state index contributed by atoms with van der Waals surface area (Å²) in [6, 6.07) is 0. The van der Waals surface area contributed by atoms with Gasteiger partial charge in [0, 0.05) is 25.2 Å². The molecule has 0 aliphatic carbocycles. The lowest BCUT2D eigenvalue weighted by molar-refractivity contribution is -0.148. The number of likely N-dealkylation sites (tertiary alicyclic amines) is 1. The van der Waals surface area contributed by atoms with Gasteiger partial charge >= 0.3 is 0 Å². The van der Waals surface area contributed by atoms with Crippen LogP contribution in [0.2, 0.25) is 0 Å². The van der Waals surface area contributed by atoms with Crippen molar-refractivity contribution < 1.29 is 9.53 Å². The third-order valence-electron chi connectivity index (χ3n) is 3.54. The van der Waals surface area contributed by atoms with Crippen LogP contribution in [-0.2, 0) is 9.53 Å². The lowest BCUT2D eigenvalue weighted by atomic mass is 9.97. The van der Waals surface area contributed by atoms with Crippen LogP contribution in [0.1, 0.15) is 27.2 Å². The number of carbonyl (C=O) groups is 1. The van der Waals surface area contributed by atoms with Gasteiger partial charge in [0.15, 0.2) is 0 Å². The third-order valence-corrected chi connectivity index (χ3v) is 3.54. The molecule has 2 saturated heterocycles. The predicted molar refractivity (Wildman–Crippen MR) is 62.2 cm³/mol. The van der Waals surface area contributed by atoms with Crippen LogP contribution in [0, 0.1) is 5.92 Å². The number of ether oxygens (including phenoxy) is 1. The highest BCUT2D eigenvalue weighted by molar-refractivity contribution is 5.82. The van der Waals surface area contributed by atoms with E-state index < -0.39 is 0 Å². The molecule has 2 unspecified atom stereocenters. The molecule has 1 N–H and O–H groups in total. The number of hydrogen-bond donors (Lipinski definition) is 1. The number of hydrogen-bond acceptors (Lipinski definition) is 3. The number of morpholine rings is 1. The van der Waals surface area contributed by atoms with E-state index in [-0.39, 0.29) is 17.6 Å². The van der Waals surface area contributed by atoms with Crippen LogP contribution in [0.3, 0.4) is 0 Å². The van der Waals surface area contributed by atoms with Crippen molar-refractivity contribution in [2.24, 2.45) is 5.92 Å². The first-order valence-corrected chi connectivity index (χ1v) is 6.14. The third kappa shape index (κ3) is 2.23. The van der Waals surface area contributed by atoms with Crippen LogP contribution in [0.15, 0.2) is 0 Å². The first kappa shape index (κ1) is 11.9. The van der Waals surface area contributed by atoms with Crippen molar-refractivity contribution >= 4 is 5.91 Å². The molecule has 2 rings (SSSR count). The Morgan fingerprint density at radius 1 is 1.50 bits per heavy atom. The molecule has 2 fully saturated rings. The number of carbonyl (C=O) groups excluding carboxylic acids is 1. The van der Waals surface area contributed by atoms with Crippen molar-refractivity contribution in [3.8, 4) is 0 Å². The molecule has 4 heteroatoms. The Morgan fingerprint density at radius 2 is 2.25 bits per heavy atom. The summed E-state index contributed by atoms with van der Waals surface area (Å²) in [6.07, 6.45) is 0.803. The second kappa shape index (κ2) is 4.34. The summed E-state index contributed by atoms with van der Waals surface area (Å²) < 4.78 is 5.53. The topological polar surface area (TPSA) is 41.6 Å². The molecule has 2 atom stereocenters. The molecule has 1 amide bonds. The van der Waals surface area contributed by atoms with Crippen LogP contribution in [0.5, 0.6) is 0 Å². The average Bonchev–Trinajstić information content (AvgIpc) is 2.52. The van der Waals surface area contributed by atoms with Crippen LogP contribution in [0.25, 0.3) is 0 Å². The van der Waals surface area contributed by atoms with E-state index in [0.29, 0.717) is 19.1 Å². The van der Waals surface area contributed by atoms with E-state index in [4.69, 9.17) is 4.74 Å². The molecular weight excluding hydrogens is 204 g/mol. The predicted octanol–water partition coefficient (Wildman–Crippen LogP) is 0.622. The van der Waals surface area contributed by atoms with Gasteiger partial charge in [0.1, 0.15) is 6.10 Å². The standard InChI is InChI=1S/C12H22N2O2/c1-9-6-12(2,3)14(8-9)11(15)10-7-13-4-5-16-10/h9-10,13H,4-8H2,1-3H3. The number of nitrogens with one attached hydrogen (secondary N) is 1. The van der Waals surface area contributed by atoms with Gasteiger partial charge in [-0.05, 0) is 26.2 Å². The van der Waals surface area contributed by atoms with Gasteiger partial charge in [-0.1, -0.05) is 6.92 Å². The maximum atomic E-state index is 12.3. The molecule has 0 saturated carbocycles. The molecule has 16 heavy (non-hydrogen) atoms. The Balaban J connectivity index is 2.03. The van der Waals surface area contributed by atoms with Crippen molar-refractivity contribution in [1.29, 1.82) is 0 Å². The summed E-state index contributed by atoms with van der Waals surface area (Å²) in [7, 11) is 0. The van der Waals surface area contributed by atoms with Gasteiger partial charge in [-0.25, -0.2) is 0 Å². The zero-order chi connectivity index (χ0) is 11.8. The van der Waals surface area contributed by atoms with Gasteiger partial charge < -0.3 is 15.0 Å². The van der Waals surface area contributed by atoms with Crippen molar-refractivity contribution in [3.05, 3.63) is 0 Å². The Hall–Kier alpha value is -0.610. The fraction of sp³-hybridized carbons (Fsp3) is 0.917. The monoisotopic (exact) mass is 226 g/mol. The van der Waals surface area contributed by atoms with Crippen LogP contribution in [-0.4, -0.2) is 48.7 Å². The molecule has 92 valence electrons. The van der Waals surface area contributed by atoms with Crippen LogP contribution in [0.4, 0.5) is 0 Å². The second-order valence-electron chi connectivity index (χ2n) is 5.63. The first-order chi connectivity index (χ1) is 7.50. The summed E-state index contributed by atoms with van der Waals surface area (Å²) in [5.41, 5.74) is -0.0166. The summed E-state index contributed by atoms with van der Waals surface area (Å²) in [4.78, 5) is 14.3. The molecular formula is C12H22N2O2. The van der Waals surface area contributed by atoms with Gasteiger partial charge in [-0.2, -0.15) is 0 Å². The lowest BCUT2D eigenvalue weighted by Crippen LogP contribution is -2.53. The van der Waals surface area contributed by atoms with Gasteiger partial charge in [0.2, 0.25) is 0 Å². The number of amides is 1. The molecule has 0 radical (unpaired) electrons. The van der Waals surface area contributed by atoms with Crippen molar-refractivity contribution in [2.75, 3.05) is 26.2 Å². The molecule has 2 aliphatic heterocycles. The summed E-state index contributed by atoms with van der Waals surface area (Å²) in [5, 5.41) is 3.21. The molecule has 0 aromatic heterocycles. The van der Waals surface area contributed by atoms with Crippen molar-refractivity contribution in [1.82, 2.24) is 10.2 Å². The normalized spacial score (nSPS) is 34.1. The first-order valence-electron chi connectivity index (χ1n) is 6.14. The molecule has 0 bridgehead atoms. The van der Waals surface area contributed by atoms with E-state index in [2.05, 4.69) is 26.1 Å². The largest absolute Gasteiger partial charge is 0.366 e. The van der Waals surface area contributed by atoms with Gasteiger partial charge in [0.05, 0.1) is 6.61 Å². The van der Waals surface area contributed by atoms with Crippen LogP contribution >= 0.6 is 0 Å². The van der Waals surface area contributed by atoms with Crippen molar-refractivity contribution in [3.63, 3.8) is 0 Å². The van der Waals surface area contributed by atoms with Crippen molar-refractivity contribution in [2.45, 2.75) is 38.8 Å². The average molecular weight is 226 g/mol.